The number of hydrogen-bond acceptors (Lipinski definition) is 4. The van der Waals surface area contributed by atoms with Crippen LogP contribution in [0.25, 0.3) is 0 Å². The Hall–Kier alpha value is -3.32. The molecule has 5 nitrogen and oxygen atoms in total. The lowest BCUT2D eigenvalue weighted by atomic mass is 9.96. The third-order valence-corrected chi connectivity index (χ3v) is 7.79. The summed E-state index contributed by atoms with van der Waals surface area (Å²) in [5, 5.41) is 3.09. The van der Waals surface area contributed by atoms with Crippen LogP contribution < -0.4 is 15.1 Å². The number of thioether (sulfide) groups is 1. The zero-order chi connectivity index (χ0) is 24.2. The number of carbonyl (C=O) groups is 2. The molecule has 1 N–H and O–H groups in total. The van der Waals surface area contributed by atoms with E-state index in [1.807, 2.05) is 12.1 Å². The van der Waals surface area contributed by atoms with Crippen LogP contribution in [0.4, 0.5) is 15.8 Å². The van der Waals surface area contributed by atoms with Crippen molar-refractivity contribution in [1.29, 1.82) is 0 Å². The average molecular weight is 490 g/mol. The normalized spacial score (nSPS) is 16.2. The van der Waals surface area contributed by atoms with Gasteiger partial charge in [-0.05, 0) is 55.2 Å². The van der Waals surface area contributed by atoms with E-state index in [4.69, 9.17) is 0 Å². The Morgan fingerprint density at radius 1 is 1.00 bits per heavy atom. The second kappa shape index (κ2) is 10.5. The topological polar surface area (TPSA) is 52.7 Å². The molecular weight excluding hydrogens is 461 g/mol. The summed E-state index contributed by atoms with van der Waals surface area (Å²) in [6, 6.07) is 22.3. The fraction of sp³-hybridized carbons (Fsp3) is 0.286. The van der Waals surface area contributed by atoms with Crippen LogP contribution in [0, 0.1) is 11.7 Å². The molecule has 3 aromatic rings. The van der Waals surface area contributed by atoms with Gasteiger partial charge in [0.25, 0.3) is 5.91 Å². The maximum absolute atomic E-state index is 14.2. The lowest BCUT2D eigenvalue weighted by Gasteiger charge is -2.33. The quantitative estimate of drug-likeness (QED) is 0.523. The predicted octanol–water partition coefficient (Wildman–Crippen LogP) is 5.11. The Morgan fingerprint density at radius 3 is 2.51 bits per heavy atom. The molecule has 0 atom stereocenters. The molecule has 1 saturated heterocycles. The molecule has 1 fully saturated rings. The maximum atomic E-state index is 14.2. The Balaban J connectivity index is 1.22. The van der Waals surface area contributed by atoms with Crippen molar-refractivity contribution in [2.24, 2.45) is 5.92 Å². The van der Waals surface area contributed by atoms with Crippen LogP contribution in [-0.2, 0) is 11.3 Å². The molecule has 3 aromatic carbocycles. The highest BCUT2D eigenvalue weighted by molar-refractivity contribution is 8.00. The standard InChI is InChI=1S/C28H28FN3O2S/c29-24-9-5-4-6-22(24)18-32-25-16-21(10-11-26(25)35-19-27(32)33)28(34)30-17-20-12-14-31(15-13-20)23-7-2-1-3-8-23/h1-11,16,20H,12-15,17-19H2,(H,30,34). The van der Waals surface area contributed by atoms with E-state index < -0.39 is 0 Å². The number of carbonyl (C=O) groups excluding carboxylic acids is 2. The minimum Gasteiger partial charge on any atom is -0.372 e. The highest BCUT2D eigenvalue weighted by Crippen LogP contribution is 2.37. The van der Waals surface area contributed by atoms with Crippen LogP contribution >= 0.6 is 11.8 Å². The van der Waals surface area contributed by atoms with Gasteiger partial charge in [0.2, 0.25) is 5.91 Å². The molecule has 0 aliphatic carbocycles. The lowest BCUT2D eigenvalue weighted by Crippen LogP contribution is -2.39. The molecule has 35 heavy (non-hydrogen) atoms. The number of hydrogen-bond donors (Lipinski definition) is 1. The van der Waals surface area contributed by atoms with E-state index in [1.165, 1.54) is 23.5 Å². The molecule has 0 aromatic heterocycles. The number of nitrogens with one attached hydrogen (secondary N) is 1. The van der Waals surface area contributed by atoms with E-state index in [9.17, 15) is 14.0 Å². The first-order valence-electron chi connectivity index (χ1n) is 12.0. The van der Waals surface area contributed by atoms with Crippen LogP contribution in [0.15, 0.2) is 77.7 Å². The lowest BCUT2D eigenvalue weighted by molar-refractivity contribution is -0.116. The van der Waals surface area contributed by atoms with Gasteiger partial charge >= 0.3 is 0 Å². The van der Waals surface area contributed by atoms with E-state index in [0.717, 1.165) is 30.8 Å². The second-order valence-electron chi connectivity index (χ2n) is 9.02. The molecule has 0 radical (unpaired) electrons. The van der Waals surface area contributed by atoms with Gasteiger partial charge in [0.1, 0.15) is 5.82 Å². The molecule has 0 unspecified atom stereocenters. The van der Waals surface area contributed by atoms with Gasteiger partial charge in [0.05, 0.1) is 18.0 Å². The molecule has 2 amide bonds. The number of amides is 2. The van der Waals surface area contributed by atoms with Crippen molar-refractivity contribution < 1.29 is 14.0 Å². The number of nitrogens with zero attached hydrogens (tertiary/aromatic N) is 2. The zero-order valence-electron chi connectivity index (χ0n) is 19.5. The predicted molar refractivity (Wildman–Crippen MR) is 138 cm³/mol. The Kier molecular flexibility index (Phi) is 7.04. The van der Waals surface area contributed by atoms with Crippen LogP contribution in [0.2, 0.25) is 0 Å². The smallest absolute Gasteiger partial charge is 0.251 e. The number of benzene rings is 3. The molecule has 2 aliphatic rings. The molecule has 0 spiro atoms. The summed E-state index contributed by atoms with van der Waals surface area (Å²) in [4.78, 5) is 30.6. The van der Waals surface area contributed by atoms with Crippen LogP contribution in [0.1, 0.15) is 28.8 Å². The Morgan fingerprint density at radius 2 is 1.74 bits per heavy atom. The van der Waals surface area contributed by atoms with Gasteiger partial charge in [-0.3, -0.25) is 9.59 Å². The van der Waals surface area contributed by atoms with Crippen LogP contribution in [0.5, 0.6) is 0 Å². The first-order chi connectivity index (χ1) is 17.1. The fourth-order valence-electron chi connectivity index (χ4n) is 4.69. The summed E-state index contributed by atoms with van der Waals surface area (Å²) >= 11 is 1.45. The monoisotopic (exact) mass is 489 g/mol. The van der Waals surface area contributed by atoms with Gasteiger partial charge in [0, 0.05) is 41.3 Å². The average Bonchev–Trinajstić information content (AvgIpc) is 2.90. The van der Waals surface area contributed by atoms with Gasteiger partial charge in [-0.15, -0.1) is 11.8 Å². The minimum atomic E-state index is -0.340. The Labute approximate surface area is 209 Å². The summed E-state index contributed by atoms with van der Waals surface area (Å²) in [6.45, 7) is 2.73. The van der Waals surface area contributed by atoms with Crippen molar-refractivity contribution in [1.82, 2.24) is 5.32 Å². The SMILES string of the molecule is O=C(NCC1CCN(c2ccccc2)CC1)c1ccc2c(c1)N(Cc1ccccc1F)C(=O)CS2. The molecule has 180 valence electrons. The van der Waals surface area contributed by atoms with Gasteiger partial charge in [-0.1, -0.05) is 36.4 Å². The summed E-state index contributed by atoms with van der Waals surface area (Å²) in [7, 11) is 0. The highest BCUT2D eigenvalue weighted by Gasteiger charge is 2.27. The van der Waals surface area contributed by atoms with Crippen molar-refractivity contribution in [3.8, 4) is 0 Å². The molecule has 0 bridgehead atoms. The van der Waals surface area contributed by atoms with Crippen molar-refractivity contribution in [3.63, 3.8) is 0 Å². The Bertz CT molecular complexity index is 1210. The first kappa shape index (κ1) is 23.4. The van der Waals surface area contributed by atoms with Crippen molar-refractivity contribution in [2.75, 3.05) is 35.2 Å². The van der Waals surface area contributed by atoms with Gasteiger partial charge in [0.15, 0.2) is 0 Å². The molecule has 5 rings (SSSR count). The molecule has 0 saturated carbocycles. The van der Waals surface area contributed by atoms with Gasteiger partial charge in [-0.2, -0.15) is 0 Å². The van der Waals surface area contributed by atoms with E-state index in [0.29, 0.717) is 35.0 Å². The van der Waals surface area contributed by atoms with Gasteiger partial charge < -0.3 is 15.1 Å². The largest absolute Gasteiger partial charge is 0.372 e. The number of fused-ring (bicyclic) bond motifs is 1. The maximum Gasteiger partial charge on any atom is 0.251 e. The fourth-order valence-corrected chi connectivity index (χ4v) is 5.60. The highest BCUT2D eigenvalue weighted by atomic mass is 32.2. The summed E-state index contributed by atoms with van der Waals surface area (Å²) < 4.78 is 14.2. The summed E-state index contributed by atoms with van der Waals surface area (Å²) in [5.74, 6) is 0.161. The number of rotatable bonds is 6. The van der Waals surface area contributed by atoms with Crippen molar-refractivity contribution in [2.45, 2.75) is 24.3 Å². The summed E-state index contributed by atoms with van der Waals surface area (Å²) in [5.41, 5.74) is 2.88. The van der Waals surface area contributed by atoms with E-state index in [2.05, 4.69) is 34.5 Å². The van der Waals surface area contributed by atoms with E-state index in [1.54, 1.807) is 35.2 Å². The second-order valence-corrected chi connectivity index (χ2v) is 10.0. The van der Waals surface area contributed by atoms with Crippen LogP contribution in [-0.4, -0.2) is 37.2 Å². The number of para-hydroxylation sites is 1. The molecular formula is C28H28FN3O2S. The number of halogens is 1. The number of piperidine rings is 1. The number of anilines is 2. The van der Waals surface area contributed by atoms with Gasteiger partial charge in [-0.25, -0.2) is 4.39 Å². The summed E-state index contributed by atoms with van der Waals surface area (Å²) in [6.07, 6.45) is 2.06. The van der Waals surface area contributed by atoms with E-state index >= 15 is 0 Å². The van der Waals surface area contributed by atoms with Crippen LogP contribution in [0.3, 0.4) is 0 Å². The third kappa shape index (κ3) is 5.35. The molecule has 2 aliphatic heterocycles. The minimum absolute atomic E-state index is 0.0894. The first-order valence-corrected chi connectivity index (χ1v) is 13.0. The third-order valence-electron chi connectivity index (χ3n) is 6.74. The zero-order valence-corrected chi connectivity index (χ0v) is 20.3. The van der Waals surface area contributed by atoms with Crippen molar-refractivity contribution >= 4 is 35.0 Å². The van der Waals surface area contributed by atoms with E-state index in [-0.39, 0.29) is 24.2 Å². The molecule has 7 heteroatoms. The molecule has 2 heterocycles. The van der Waals surface area contributed by atoms with Crippen molar-refractivity contribution in [3.05, 3.63) is 89.7 Å².